The summed E-state index contributed by atoms with van der Waals surface area (Å²) in [5.41, 5.74) is 4.63. The Balaban J connectivity index is 1.63. The summed E-state index contributed by atoms with van der Waals surface area (Å²) in [6, 6.07) is 8.46. The molecule has 6 nitrogen and oxygen atoms in total. The van der Waals surface area contributed by atoms with Gasteiger partial charge in [-0.15, -0.1) is 0 Å². The van der Waals surface area contributed by atoms with Gasteiger partial charge in [-0.25, -0.2) is 0 Å². The van der Waals surface area contributed by atoms with Gasteiger partial charge in [0.2, 0.25) is 11.8 Å². The predicted molar refractivity (Wildman–Crippen MR) is 105 cm³/mol. The highest BCUT2D eigenvalue weighted by Crippen LogP contribution is 2.33. The molecule has 0 saturated carbocycles. The first-order valence-corrected chi connectivity index (χ1v) is 9.67. The molecular formula is C21H28N4O2. The van der Waals surface area contributed by atoms with Crippen molar-refractivity contribution in [1.29, 1.82) is 0 Å². The van der Waals surface area contributed by atoms with Crippen molar-refractivity contribution < 1.29 is 9.59 Å². The second kappa shape index (κ2) is 8.84. The Morgan fingerprint density at radius 1 is 1.30 bits per heavy atom. The van der Waals surface area contributed by atoms with Crippen LogP contribution in [-0.4, -0.2) is 46.5 Å². The van der Waals surface area contributed by atoms with Crippen molar-refractivity contribution in [2.75, 3.05) is 19.6 Å². The number of nitrogens with zero attached hydrogens (tertiary/aromatic N) is 2. The lowest BCUT2D eigenvalue weighted by atomic mass is 9.90. The van der Waals surface area contributed by atoms with Gasteiger partial charge in [-0.3, -0.25) is 14.7 Å². The third-order valence-electron chi connectivity index (χ3n) is 5.16. The van der Waals surface area contributed by atoms with Gasteiger partial charge in [0.05, 0.1) is 6.20 Å². The van der Waals surface area contributed by atoms with Crippen LogP contribution in [0.2, 0.25) is 0 Å². The lowest BCUT2D eigenvalue weighted by molar-refractivity contribution is -0.132. The third-order valence-corrected chi connectivity index (χ3v) is 5.16. The molecule has 6 heteroatoms. The second-order valence-electron chi connectivity index (χ2n) is 7.33. The zero-order valence-corrected chi connectivity index (χ0v) is 16.1. The van der Waals surface area contributed by atoms with Crippen molar-refractivity contribution in [2.24, 2.45) is 0 Å². The van der Waals surface area contributed by atoms with E-state index in [4.69, 9.17) is 0 Å². The normalized spacial score (nSPS) is 17.0. The molecule has 0 spiro atoms. The molecule has 1 fully saturated rings. The standard InChI is InChI=1S/C21H28N4O2/c1-15-7-9-17(10-8-15)19-13-23-24-21(19)18-5-4-12-25(14-18)20(27)6-3-11-22-16(2)26/h7-10,13,18H,3-6,11-12,14H2,1-2H3,(H,22,26)(H,23,24)/t18-/m0/s1. The quantitative estimate of drug-likeness (QED) is 0.770. The zero-order chi connectivity index (χ0) is 19.2. The van der Waals surface area contributed by atoms with E-state index in [1.807, 2.05) is 11.1 Å². The molecule has 1 aromatic carbocycles. The van der Waals surface area contributed by atoms with Gasteiger partial charge in [0.25, 0.3) is 0 Å². The van der Waals surface area contributed by atoms with Gasteiger partial charge in [-0.2, -0.15) is 5.10 Å². The average molecular weight is 368 g/mol. The molecule has 2 N–H and O–H groups in total. The van der Waals surface area contributed by atoms with Crippen LogP contribution >= 0.6 is 0 Å². The lowest BCUT2D eigenvalue weighted by Gasteiger charge is -2.33. The van der Waals surface area contributed by atoms with Gasteiger partial charge in [-0.05, 0) is 31.7 Å². The van der Waals surface area contributed by atoms with Crippen LogP contribution in [0.1, 0.15) is 49.8 Å². The number of benzene rings is 1. The summed E-state index contributed by atoms with van der Waals surface area (Å²) in [5, 5.41) is 10.2. The minimum Gasteiger partial charge on any atom is -0.356 e. The first-order valence-electron chi connectivity index (χ1n) is 9.67. The molecule has 0 radical (unpaired) electrons. The number of piperidine rings is 1. The monoisotopic (exact) mass is 368 g/mol. The fourth-order valence-corrected chi connectivity index (χ4v) is 3.67. The number of H-pyrrole nitrogens is 1. The first kappa shape index (κ1) is 19.1. The number of hydrogen-bond acceptors (Lipinski definition) is 3. The average Bonchev–Trinajstić information content (AvgIpc) is 3.15. The lowest BCUT2D eigenvalue weighted by Crippen LogP contribution is -2.39. The van der Waals surface area contributed by atoms with Gasteiger partial charge in [-0.1, -0.05) is 29.8 Å². The topological polar surface area (TPSA) is 78.1 Å². The molecule has 27 heavy (non-hydrogen) atoms. The predicted octanol–water partition coefficient (Wildman–Crippen LogP) is 3.01. The van der Waals surface area contributed by atoms with Gasteiger partial charge in [0, 0.05) is 50.2 Å². The molecule has 144 valence electrons. The van der Waals surface area contributed by atoms with E-state index in [2.05, 4.69) is 46.7 Å². The van der Waals surface area contributed by atoms with Crippen LogP contribution in [-0.2, 0) is 9.59 Å². The Morgan fingerprint density at radius 3 is 2.81 bits per heavy atom. The summed E-state index contributed by atoms with van der Waals surface area (Å²) in [5.74, 6) is 0.390. The van der Waals surface area contributed by atoms with Crippen molar-refractivity contribution in [3.05, 3.63) is 41.7 Å². The minimum atomic E-state index is -0.0524. The number of aryl methyl sites for hydroxylation is 1. The molecule has 0 aliphatic carbocycles. The Kier molecular flexibility index (Phi) is 6.27. The van der Waals surface area contributed by atoms with Crippen molar-refractivity contribution in [3.63, 3.8) is 0 Å². The van der Waals surface area contributed by atoms with E-state index in [-0.39, 0.29) is 17.7 Å². The molecule has 0 bridgehead atoms. The number of carbonyl (C=O) groups excluding carboxylic acids is 2. The molecule has 2 heterocycles. The number of rotatable bonds is 6. The number of aromatic nitrogens is 2. The molecule has 1 saturated heterocycles. The smallest absolute Gasteiger partial charge is 0.222 e. The van der Waals surface area contributed by atoms with Crippen LogP contribution in [0.5, 0.6) is 0 Å². The van der Waals surface area contributed by atoms with Crippen LogP contribution in [0.4, 0.5) is 0 Å². The summed E-state index contributed by atoms with van der Waals surface area (Å²) >= 11 is 0. The highest BCUT2D eigenvalue weighted by atomic mass is 16.2. The molecule has 0 unspecified atom stereocenters. The van der Waals surface area contributed by atoms with Crippen molar-refractivity contribution in [2.45, 2.75) is 45.4 Å². The summed E-state index contributed by atoms with van der Waals surface area (Å²) in [7, 11) is 0. The summed E-state index contributed by atoms with van der Waals surface area (Å²) in [4.78, 5) is 25.4. The maximum Gasteiger partial charge on any atom is 0.222 e. The van der Waals surface area contributed by atoms with E-state index in [9.17, 15) is 9.59 Å². The van der Waals surface area contributed by atoms with Crippen LogP contribution in [0.15, 0.2) is 30.5 Å². The Hall–Kier alpha value is -2.63. The van der Waals surface area contributed by atoms with Crippen molar-refractivity contribution >= 4 is 11.8 Å². The van der Waals surface area contributed by atoms with Gasteiger partial charge >= 0.3 is 0 Å². The van der Waals surface area contributed by atoms with E-state index in [1.54, 1.807) is 0 Å². The van der Waals surface area contributed by atoms with Crippen molar-refractivity contribution in [1.82, 2.24) is 20.4 Å². The molecule has 3 rings (SSSR count). The van der Waals surface area contributed by atoms with Crippen LogP contribution in [0.3, 0.4) is 0 Å². The van der Waals surface area contributed by atoms with Crippen LogP contribution < -0.4 is 5.32 Å². The van der Waals surface area contributed by atoms with Gasteiger partial charge < -0.3 is 10.2 Å². The zero-order valence-electron chi connectivity index (χ0n) is 16.1. The SMILES string of the molecule is CC(=O)NCCCC(=O)N1CCC[C@H](c2[nH]ncc2-c2ccc(C)cc2)C1. The maximum absolute atomic E-state index is 12.5. The number of nitrogens with one attached hydrogen (secondary N) is 2. The van der Waals surface area contributed by atoms with Crippen molar-refractivity contribution in [3.8, 4) is 11.1 Å². The summed E-state index contributed by atoms with van der Waals surface area (Å²) < 4.78 is 0. The fourth-order valence-electron chi connectivity index (χ4n) is 3.67. The van der Waals surface area contributed by atoms with Gasteiger partial charge in [0.1, 0.15) is 0 Å². The van der Waals surface area contributed by atoms with Gasteiger partial charge in [0.15, 0.2) is 0 Å². The Morgan fingerprint density at radius 2 is 2.07 bits per heavy atom. The fraction of sp³-hybridized carbons (Fsp3) is 0.476. The van der Waals surface area contributed by atoms with E-state index < -0.39 is 0 Å². The third kappa shape index (κ3) is 4.96. The highest BCUT2D eigenvalue weighted by Gasteiger charge is 2.27. The molecule has 1 aromatic heterocycles. The van der Waals surface area contributed by atoms with E-state index in [0.29, 0.717) is 19.4 Å². The minimum absolute atomic E-state index is 0.0524. The van der Waals surface area contributed by atoms with E-state index in [1.165, 1.54) is 12.5 Å². The number of likely N-dealkylation sites (tertiary alicyclic amines) is 1. The largest absolute Gasteiger partial charge is 0.356 e. The van der Waals surface area contributed by atoms with E-state index in [0.717, 1.165) is 42.8 Å². The molecular weight excluding hydrogens is 340 g/mol. The molecule has 2 aromatic rings. The number of amides is 2. The molecule has 1 aliphatic rings. The number of carbonyl (C=O) groups is 2. The summed E-state index contributed by atoms with van der Waals surface area (Å²) in [6.07, 6.45) is 5.08. The Bertz CT molecular complexity index is 782. The molecule has 1 atom stereocenters. The summed E-state index contributed by atoms with van der Waals surface area (Å²) in [6.45, 7) is 5.66. The van der Waals surface area contributed by atoms with E-state index >= 15 is 0 Å². The Labute approximate surface area is 160 Å². The van der Waals surface area contributed by atoms with Crippen LogP contribution in [0.25, 0.3) is 11.1 Å². The molecule has 1 aliphatic heterocycles. The first-order chi connectivity index (χ1) is 13.0. The van der Waals surface area contributed by atoms with Crippen LogP contribution in [0, 0.1) is 6.92 Å². The highest BCUT2D eigenvalue weighted by molar-refractivity contribution is 5.77. The molecule has 2 amide bonds. The second-order valence-corrected chi connectivity index (χ2v) is 7.33. The number of aromatic amines is 1. The maximum atomic E-state index is 12.5. The number of hydrogen-bond donors (Lipinski definition) is 2.